The Balaban J connectivity index is 1.67. The molecule has 0 N–H and O–H groups in total. The van der Waals surface area contributed by atoms with Crippen LogP contribution in [0.1, 0.15) is 12.8 Å². The Morgan fingerprint density at radius 2 is 2.14 bits per heavy atom. The fraction of sp³-hybridized carbons (Fsp3) is 0.733. The molecule has 0 bridgehead atoms. The van der Waals surface area contributed by atoms with E-state index in [1.807, 2.05) is 0 Å². The maximum Gasteiger partial charge on any atom is 0.287 e. The third-order valence-corrected chi connectivity index (χ3v) is 4.89. The number of hydrogen-bond acceptors (Lipinski definition) is 5. The first-order valence-corrected chi connectivity index (χ1v) is 8.30. The normalized spacial score (nSPS) is 23.7. The minimum Gasteiger partial charge on any atom is -0.379 e. The highest BCUT2D eigenvalue weighted by molar-refractivity contribution is 6.33. The second-order valence-corrected chi connectivity index (χ2v) is 6.52. The van der Waals surface area contributed by atoms with Crippen LogP contribution >= 0.6 is 11.6 Å². The number of piperidine rings is 1. The molecule has 1 aromatic heterocycles. The zero-order valence-electron chi connectivity index (χ0n) is 13.0. The van der Waals surface area contributed by atoms with Gasteiger partial charge in [0.25, 0.3) is 5.56 Å². The summed E-state index contributed by atoms with van der Waals surface area (Å²) in [4.78, 5) is 16.6. The summed E-state index contributed by atoms with van der Waals surface area (Å²) in [6, 6.07) is 0. The fourth-order valence-electron chi connectivity index (χ4n) is 3.30. The molecular formula is C15H23ClN4O2. The Kier molecular flexibility index (Phi) is 5.00. The van der Waals surface area contributed by atoms with Gasteiger partial charge >= 0.3 is 0 Å². The summed E-state index contributed by atoms with van der Waals surface area (Å²) in [6.07, 6.45) is 4.06. The summed E-state index contributed by atoms with van der Waals surface area (Å²) >= 11 is 6.23. The molecule has 1 atom stereocenters. The molecule has 2 aliphatic rings. The van der Waals surface area contributed by atoms with E-state index in [1.54, 1.807) is 13.2 Å². The van der Waals surface area contributed by atoms with Crippen LogP contribution in [0, 0.1) is 5.92 Å². The topological polar surface area (TPSA) is 50.6 Å². The van der Waals surface area contributed by atoms with Crippen molar-refractivity contribution in [3.63, 3.8) is 0 Å². The molecule has 0 aromatic carbocycles. The molecule has 0 spiro atoms. The van der Waals surface area contributed by atoms with Gasteiger partial charge < -0.3 is 9.64 Å². The summed E-state index contributed by atoms with van der Waals surface area (Å²) in [6.45, 7) is 6.67. The molecule has 7 heteroatoms. The first kappa shape index (κ1) is 15.8. The first-order valence-electron chi connectivity index (χ1n) is 7.92. The molecule has 22 heavy (non-hydrogen) atoms. The van der Waals surface area contributed by atoms with Gasteiger partial charge in [0.2, 0.25) is 0 Å². The van der Waals surface area contributed by atoms with E-state index in [1.165, 1.54) is 11.1 Å². The van der Waals surface area contributed by atoms with Gasteiger partial charge in [0.05, 0.1) is 25.1 Å². The Morgan fingerprint density at radius 1 is 1.36 bits per heavy atom. The number of ether oxygens (including phenoxy) is 1. The summed E-state index contributed by atoms with van der Waals surface area (Å²) < 4.78 is 6.68. The molecule has 6 nitrogen and oxygen atoms in total. The number of rotatable bonds is 3. The SMILES string of the molecule is Cn1ncc(N2CCCC(CN3CCOCC3)C2)c(Cl)c1=O. The average molecular weight is 327 g/mol. The van der Waals surface area contributed by atoms with E-state index in [0.717, 1.165) is 58.0 Å². The van der Waals surface area contributed by atoms with E-state index in [2.05, 4.69) is 14.9 Å². The van der Waals surface area contributed by atoms with Crippen LogP contribution in [0.3, 0.4) is 0 Å². The lowest BCUT2D eigenvalue weighted by atomic mass is 9.97. The zero-order chi connectivity index (χ0) is 15.5. The predicted molar refractivity (Wildman–Crippen MR) is 86.7 cm³/mol. The van der Waals surface area contributed by atoms with Crippen molar-refractivity contribution in [2.24, 2.45) is 13.0 Å². The van der Waals surface area contributed by atoms with E-state index in [-0.39, 0.29) is 10.6 Å². The lowest BCUT2D eigenvalue weighted by Gasteiger charge is -2.37. The number of hydrogen-bond donors (Lipinski definition) is 0. The van der Waals surface area contributed by atoms with Crippen molar-refractivity contribution < 1.29 is 4.74 Å². The molecule has 2 saturated heterocycles. The second-order valence-electron chi connectivity index (χ2n) is 6.14. The Morgan fingerprint density at radius 3 is 2.91 bits per heavy atom. The quantitative estimate of drug-likeness (QED) is 0.829. The van der Waals surface area contributed by atoms with Gasteiger partial charge in [-0.2, -0.15) is 5.10 Å². The van der Waals surface area contributed by atoms with E-state index < -0.39 is 0 Å². The molecule has 0 aliphatic carbocycles. The average Bonchev–Trinajstić information content (AvgIpc) is 2.54. The van der Waals surface area contributed by atoms with Gasteiger partial charge in [-0.05, 0) is 18.8 Å². The van der Waals surface area contributed by atoms with Crippen molar-refractivity contribution in [3.8, 4) is 0 Å². The molecule has 3 rings (SSSR count). The van der Waals surface area contributed by atoms with Gasteiger partial charge in [-0.25, -0.2) is 4.68 Å². The van der Waals surface area contributed by atoms with Crippen LogP contribution < -0.4 is 10.5 Å². The lowest BCUT2D eigenvalue weighted by molar-refractivity contribution is 0.0296. The van der Waals surface area contributed by atoms with Crippen molar-refractivity contribution in [1.29, 1.82) is 0 Å². The van der Waals surface area contributed by atoms with Crippen molar-refractivity contribution in [2.45, 2.75) is 12.8 Å². The maximum atomic E-state index is 12.0. The highest BCUT2D eigenvalue weighted by atomic mass is 35.5. The van der Waals surface area contributed by atoms with Gasteiger partial charge in [-0.1, -0.05) is 11.6 Å². The summed E-state index contributed by atoms with van der Waals surface area (Å²) in [5.41, 5.74) is 0.547. The Bertz CT molecular complexity index is 571. The minimum absolute atomic E-state index is 0.227. The third-order valence-electron chi connectivity index (χ3n) is 4.54. The van der Waals surface area contributed by atoms with Gasteiger partial charge in [-0.15, -0.1) is 0 Å². The maximum absolute atomic E-state index is 12.0. The fourth-order valence-corrected chi connectivity index (χ4v) is 3.59. The molecule has 0 amide bonds. The summed E-state index contributed by atoms with van der Waals surface area (Å²) in [5.74, 6) is 0.604. The molecule has 0 saturated carbocycles. The highest BCUT2D eigenvalue weighted by Gasteiger charge is 2.25. The van der Waals surface area contributed by atoms with E-state index in [0.29, 0.717) is 5.92 Å². The zero-order valence-corrected chi connectivity index (χ0v) is 13.8. The lowest BCUT2D eigenvalue weighted by Crippen LogP contribution is -2.45. The van der Waals surface area contributed by atoms with Crippen molar-refractivity contribution in [3.05, 3.63) is 21.6 Å². The smallest absolute Gasteiger partial charge is 0.287 e. The van der Waals surface area contributed by atoms with Crippen LogP contribution in [0.4, 0.5) is 5.69 Å². The van der Waals surface area contributed by atoms with E-state index >= 15 is 0 Å². The van der Waals surface area contributed by atoms with Crippen molar-refractivity contribution >= 4 is 17.3 Å². The number of nitrogens with zero attached hydrogens (tertiary/aromatic N) is 4. The predicted octanol–water partition coefficient (Wildman–Crippen LogP) is 0.982. The highest BCUT2D eigenvalue weighted by Crippen LogP contribution is 2.27. The van der Waals surface area contributed by atoms with Crippen LogP contribution in [0.2, 0.25) is 5.02 Å². The van der Waals surface area contributed by atoms with Crippen LogP contribution in [-0.4, -0.2) is 60.6 Å². The Hall–Kier alpha value is -1.11. The Labute approximate surface area is 135 Å². The summed E-state index contributed by atoms with van der Waals surface area (Å²) in [7, 11) is 1.62. The van der Waals surface area contributed by atoms with Gasteiger partial charge in [0.1, 0.15) is 5.02 Å². The largest absolute Gasteiger partial charge is 0.379 e. The number of halogens is 1. The third kappa shape index (κ3) is 3.45. The molecule has 1 aromatic rings. The van der Waals surface area contributed by atoms with E-state index in [4.69, 9.17) is 16.3 Å². The molecule has 1 unspecified atom stereocenters. The monoisotopic (exact) mass is 326 g/mol. The minimum atomic E-state index is -0.227. The van der Waals surface area contributed by atoms with Gasteiger partial charge in [-0.3, -0.25) is 9.69 Å². The van der Waals surface area contributed by atoms with Crippen LogP contribution in [0.25, 0.3) is 0 Å². The molecule has 2 fully saturated rings. The van der Waals surface area contributed by atoms with Crippen molar-refractivity contribution in [1.82, 2.24) is 14.7 Å². The van der Waals surface area contributed by atoms with Crippen molar-refractivity contribution in [2.75, 3.05) is 50.8 Å². The number of aryl methyl sites for hydroxylation is 1. The number of aromatic nitrogens is 2. The number of anilines is 1. The van der Waals surface area contributed by atoms with E-state index in [9.17, 15) is 4.79 Å². The summed E-state index contributed by atoms with van der Waals surface area (Å²) in [5, 5.41) is 4.39. The molecular weight excluding hydrogens is 304 g/mol. The van der Waals surface area contributed by atoms with Crippen LogP contribution in [-0.2, 0) is 11.8 Å². The molecule has 0 radical (unpaired) electrons. The number of morpholine rings is 1. The van der Waals surface area contributed by atoms with Gasteiger partial charge in [0, 0.05) is 39.8 Å². The first-order chi connectivity index (χ1) is 10.6. The standard InChI is InChI=1S/C15H23ClN4O2/c1-18-15(21)14(16)13(9-17-18)20-4-2-3-12(11-20)10-19-5-7-22-8-6-19/h9,12H,2-8,10-11H2,1H3. The second kappa shape index (κ2) is 6.98. The molecule has 2 aliphatic heterocycles. The molecule has 122 valence electrons. The van der Waals surface area contributed by atoms with Crippen LogP contribution in [0.15, 0.2) is 11.0 Å². The van der Waals surface area contributed by atoms with Gasteiger partial charge in [0.15, 0.2) is 0 Å². The van der Waals surface area contributed by atoms with Crippen LogP contribution in [0.5, 0.6) is 0 Å². The molecule has 3 heterocycles.